The Hall–Kier alpha value is -2.58. The summed E-state index contributed by atoms with van der Waals surface area (Å²) in [5, 5.41) is 0.583. The molecule has 0 saturated heterocycles. The highest BCUT2D eigenvalue weighted by Crippen LogP contribution is 2.20. The molecule has 0 radical (unpaired) electrons. The lowest BCUT2D eigenvalue weighted by molar-refractivity contribution is 0.251. The number of amides is 2. The van der Waals surface area contributed by atoms with Crippen LogP contribution in [-0.4, -0.2) is 34.7 Å². The Kier molecular flexibility index (Phi) is 6.79. The first-order chi connectivity index (χ1) is 12.0. The minimum Gasteiger partial charge on any atom is -0.497 e. The summed E-state index contributed by atoms with van der Waals surface area (Å²) in [5.74, 6) is 1.19. The normalized spacial score (nSPS) is 10.0. The lowest BCUT2D eigenvalue weighted by Crippen LogP contribution is -2.32. The molecule has 0 atom stereocenters. The maximum Gasteiger partial charge on any atom is 0.363 e. The quantitative estimate of drug-likeness (QED) is 0.764. The number of carbonyl (C=O) groups excluding carboxylic acids is 1. The van der Waals surface area contributed by atoms with Crippen LogP contribution in [0.2, 0.25) is 5.02 Å². The lowest BCUT2D eigenvalue weighted by atomic mass is 10.3. The summed E-state index contributed by atoms with van der Waals surface area (Å²) in [5.41, 5.74) is 0.472. The number of benzene rings is 2. The molecule has 0 unspecified atom stereocenters. The summed E-state index contributed by atoms with van der Waals surface area (Å²) in [7, 11) is -1.31. The zero-order valence-corrected chi connectivity index (χ0v) is 14.8. The molecule has 2 aromatic rings. The van der Waals surface area contributed by atoms with Crippen LogP contribution in [0.3, 0.4) is 0 Å². The van der Waals surface area contributed by atoms with Crippen molar-refractivity contribution < 1.29 is 22.7 Å². The Morgan fingerprint density at radius 2 is 1.68 bits per heavy atom. The number of carbonyl (C=O) groups is 1. The van der Waals surface area contributed by atoms with Gasteiger partial charge in [0.1, 0.15) is 18.1 Å². The topological polar surface area (TPSA) is 85.3 Å². The fraction of sp³-hybridized carbons (Fsp3) is 0.188. The predicted octanol–water partition coefficient (Wildman–Crippen LogP) is 3.42. The van der Waals surface area contributed by atoms with Crippen molar-refractivity contribution in [3.05, 3.63) is 53.6 Å². The average Bonchev–Trinajstić information content (AvgIpc) is 2.60. The molecule has 0 fully saturated rings. The van der Waals surface area contributed by atoms with Crippen molar-refractivity contribution in [2.24, 2.45) is 4.36 Å². The van der Waals surface area contributed by atoms with Crippen LogP contribution < -0.4 is 14.4 Å². The molecular formula is C16H15ClN2O5S. The molecular weight excluding hydrogens is 368 g/mol. The number of nitrogens with zero attached hydrogens (tertiary/aromatic N) is 2. The maximum absolute atomic E-state index is 12.1. The van der Waals surface area contributed by atoms with Gasteiger partial charge in [-0.1, -0.05) is 16.0 Å². The Morgan fingerprint density at radius 3 is 2.24 bits per heavy atom. The highest BCUT2D eigenvalue weighted by molar-refractivity contribution is 7.62. The van der Waals surface area contributed by atoms with Gasteiger partial charge in [0.2, 0.25) is 0 Å². The highest BCUT2D eigenvalue weighted by atomic mass is 35.5. The van der Waals surface area contributed by atoms with Crippen LogP contribution in [0.25, 0.3) is 0 Å². The molecule has 0 aromatic heterocycles. The van der Waals surface area contributed by atoms with E-state index in [0.29, 0.717) is 22.2 Å². The third kappa shape index (κ3) is 5.77. The van der Waals surface area contributed by atoms with E-state index in [-0.39, 0.29) is 13.2 Å². The van der Waals surface area contributed by atoms with Gasteiger partial charge in [0.15, 0.2) is 0 Å². The van der Waals surface area contributed by atoms with Crippen LogP contribution in [0.5, 0.6) is 11.5 Å². The Bertz CT molecular complexity index is 843. The van der Waals surface area contributed by atoms with Crippen molar-refractivity contribution in [3.63, 3.8) is 0 Å². The summed E-state index contributed by atoms with van der Waals surface area (Å²) in [4.78, 5) is 13.3. The van der Waals surface area contributed by atoms with E-state index in [1.807, 2.05) is 0 Å². The number of urea groups is 1. The Labute approximate surface area is 151 Å². The Balaban J connectivity index is 2.11. The SMILES string of the molecule is COc1ccc(N(CCOc2ccc(Cl)cc2)C(=O)N=S(=O)=O)cc1. The smallest absolute Gasteiger partial charge is 0.363 e. The molecule has 132 valence electrons. The summed E-state index contributed by atoms with van der Waals surface area (Å²) in [6.07, 6.45) is 0. The van der Waals surface area contributed by atoms with E-state index in [1.54, 1.807) is 48.5 Å². The molecule has 9 heteroatoms. The van der Waals surface area contributed by atoms with E-state index < -0.39 is 16.5 Å². The van der Waals surface area contributed by atoms with E-state index in [0.717, 1.165) is 0 Å². The number of ether oxygens (including phenoxy) is 2. The minimum absolute atomic E-state index is 0.106. The predicted molar refractivity (Wildman–Crippen MR) is 94.0 cm³/mol. The fourth-order valence-electron chi connectivity index (χ4n) is 2.00. The van der Waals surface area contributed by atoms with Gasteiger partial charge in [0, 0.05) is 10.7 Å². The van der Waals surface area contributed by atoms with Crippen molar-refractivity contribution >= 4 is 33.8 Å². The van der Waals surface area contributed by atoms with Crippen molar-refractivity contribution in [1.82, 2.24) is 0 Å². The van der Waals surface area contributed by atoms with Crippen molar-refractivity contribution in [2.75, 3.05) is 25.2 Å². The molecule has 0 saturated carbocycles. The van der Waals surface area contributed by atoms with Crippen molar-refractivity contribution in [2.45, 2.75) is 0 Å². The van der Waals surface area contributed by atoms with E-state index >= 15 is 0 Å². The second-order valence-corrected chi connectivity index (χ2v) is 5.80. The number of methoxy groups -OCH3 is 1. The molecule has 0 spiro atoms. The van der Waals surface area contributed by atoms with Gasteiger partial charge in [-0.3, -0.25) is 4.90 Å². The molecule has 0 bridgehead atoms. The fourth-order valence-corrected chi connectivity index (χ4v) is 2.35. The van der Waals surface area contributed by atoms with Crippen molar-refractivity contribution in [3.8, 4) is 11.5 Å². The van der Waals surface area contributed by atoms with Gasteiger partial charge in [0.25, 0.3) is 0 Å². The Morgan fingerprint density at radius 1 is 1.08 bits per heavy atom. The summed E-state index contributed by atoms with van der Waals surface area (Å²) >= 11 is 5.80. The zero-order chi connectivity index (χ0) is 18.2. The van der Waals surface area contributed by atoms with Crippen molar-refractivity contribution in [1.29, 1.82) is 0 Å². The zero-order valence-electron chi connectivity index (χ0n) is 13.3. The van der Waals surface area contributed by atoms with Gasteiger partial charge in [-0.15, -0.1) is 0 Å². The molecule has 2 aromatic carbocycles. The van der Waals surface area contributed by atoms with Gasteiger partial charge >= 0.3 is 16.5 Å². The second-order valence-electron chi connectivity index (χ2n) is 4.74. The molecule has 0 N–H and O–H groups in total. The third-order valence-corrected chi connectivity index (χ3v) is 3.72. The van der Waals surface area contributed by atoms with Crippen LogP contribution in [0.4, 0.5) is 10.5 Å². The number of hydrogen-bond acceptors (Lipinski definition) is 5. The van der Waals surface area contributed by atoms with E-state index in [2.05, 4.69) is 4.36 Å². The van der Waals surface area contributed by atoms with Crippen LogP contribution in [0.15, 0.2) is 52.9 Å². The minimum atomic E-state index is -2.84. The largest absolute Gasteiger partial charge is 0.497 e. The molecule has 0 heterocycles. The third-order valence-electron chi connectivity index (χ3n) is 3.16. The van der Waals surface area contributed by atoms with Gasteiger partial charge in [-0.05, 0) is 48.5 Å². The van der Waals surface area contributed by atoms with Gasteiger partial charge in [-0.2, -0.15) is 8.42 Å². The molecule has 2 rings (SSSR count). The van der Waals surface area contributed by atoms with E-state index in [1.165, 1.54) is 12.0 Å². The van der Waals surface area contributed by atoms with E-state index in [9.17, 15) is 13.2 Å². The monoisotopic (exact) mass is 382 g/mol. The number of rotatable bonds is 6. The van der Waals surface area contributed by atoms with Crippen LogP contribution >= 0.6 is 11.6 Å². The molecule has 7 nitrogen and oxygen atoms in total. The van der Waals surface area contributed by atoms with Gasteiger partial charge in [0.05, 0.1) is 13.7 Å². The first-order valence-electron chi connectivity index (χ1n) is 7.14. The maximum atomic E-state index is 12.1. The van der Waals surface area contributed by atoms with Crippen LogP contribution in [0, 0.1) is 0 Å². The summed E-state index contributed by atoms with van der Waals surface area (Å²) in [6, 6.07) is 12.4. The standard InChI is InChI=1S/C16H15ClN2O5S/c1-23-14-8-4-13(5-9-14)19(16(20)18-25(21)22)10-11-24-15-6-2-12(17)3-7-15/h2-9H,10-11H2,1H3. The molecule has 0 aliphatic carbocycles. The molecule has 2 amide bonds. The average molecular weight is 383 g/mol. The first-order valence-corrected chi connectivity index (χ1v) is 8.55. The van der Waals surface area contributed by atoms with Gasteiger partial charge < -0.3 is 9.47 Å². The molecule has 0 aliphatic rings. The number of halogens is 1. The summed E-state index contributed by atoms with van der Waals surface area (Å²) in [6.45, 7) is 0.245. The molecule has 25 heavy (non-hydrogen) atoms. The molecule has 0 aliphatic heterocycles. The van der Waals surface area contributed by atoms with Gasteiger partial charge in [-0.25, -0.2) is 4.79 Å². The number of anilines is 1. The van der Waals surface area contributed by atoms with E-state index in [4.69, 9.17) is 21.1 Å². The number of hydrogen-bond donors (Lipinski definition) is 0. The van der Waals surface area contributed by atoms with Crippen LogP contribution in [-0.2, 0) is 10.5 Å². The lowest BCUT2D eigenvalue weighted by Gasteiger charge is -2.20. The highest BCUT2D eigenvalue weighted by Gasteiger charge is 2.16. The van der Waals surface area contributed by atoms with Crippen LogP contribution in [0.1, 0.15) is 0 Å². The second kappa shape index (κ2) is 9.05. The summed E-state index contributed by atoms with van der Waals surface area (Å²) < 4.78 is 35.0. The first kappa shape index (κ1) is 18.8.